The number of hydrogen-bond acceptors (Lipinski definition) is 5. The number of carbonyl (C=O) groups excluding carboxylic acids is 2. The summed E-state index contributed by atoms with van der Waals surface area (Å²) < 4.78 is 1.63. The van der Waals surface area contributed by atoms with Gasteiger partial charge in [-0.2, -0.15) is 16.9 Å². The molecule has 2 N–H and O–H groups in total. The van der Waals surface area contributed by atoms with E-state index in [9.17, 15) is 9.59 Å². The molecule has 0 saturated carbocycles. The van der Waals surface area contributed by atoms with Crippen LogP contribution in [0.4, 0.5) is 5.82 Å². The Morgan fingerprint density at radius 2 is 2.04 bits per heavy atom. The van der Waals surface area contributed by atoms with Gasteiger partial charge in [-0.3, -0.25) is 14.6 Å². The van der Waals surface area contributed by atoms with Gasteiger partial charge < -0.3 is 10.6 Å². The molecule has 1 aromatic carbocycles. The number of hydrogen-bond donors (Lipinski definition) is 2. The highest BCUT2D eigenvalue weighted by atomic mass is 35.5. The monoisotopic (exact) mass is 413 g/mol. The number of benzene rings is 1. The van der Waals surface area contributed by atoms with Crippen molar-refractivity contribution < 1.29 is 9.59 Å². The first-order chi connectivity index (χ1) is 13.6. The van der Waals surface area contributed by atoms with Crippen LogP contribution in [0.1, 0.15) is 17.0 Å². The standard InChI is InChI=1S/C19H16ClN5O2S/c20-12-4-3-6-14(8-12)25-17(15-10-28-11-16(15)24-25)23-19(27)18(26)22-9-13-5-1-2-7-21-13/h1-8H,9-11H2,(H,22,26)(H,23,27). The SMILES string of the molecule is O=C(NCc1ccccn1)C(=O)Nc1c2c(nn1-c1cccc(Cl)c1)CSC2. The van der Waals surface area contributed by atoms with Crippen LogP contribution in [0.25, 0.3) is 5.69 Å². The molecule has 0 bridgehead atoms. The Morgan fingerprint density at radius 3 is 2.82 bits per heavy atom. The van der Waals surface area contributed by atoms with Gasteiger partial charge in [-0.25, -0.2) is 4.68 Å². The van der Waals surface area contributed by atoms with E-state index in [-0.39, 0.29) is 6.54 Å². The Bertz CT molecular complexity index is 1040. The number of amides is 2. The molecule has 0 fully saturated rings. The number of carbonyl (C=O) groups is 2. The third-order valence-corrected chi connectivity index (χ3v) is 5.40. The molecule has 1 aliphatic heterocycles. The van der Waals surface area contributed by atoms with Gasteiger partial charge in [0.2, 0.25) is 0 Å². The number of thioether (sulfide) groups is 1. The van der Waals surface area contributed by atoms with E-state index in [1.165, 1.54) is 0 Å². The zero-order chi connectivity index (χ0) is 19.5. The van der Waals surface area contributed by atoms with E-state index in [1.807, 2.05) is 18.2 Å². The fourth-order valence-electron chi connectivity index (χ4n) is 2.85. The van der Waals surface area contributed by atoms with E-state index in [2.05, 4.69) is 20.7 Å². The molecule has 28 heavy (non-hydrogen) atoms. The number of nitrogens with one attached hydrogen (secondary N) is 2. The number of fused-ring (bicyclic) bond motifs is 1. The predicted molar refractivity (Wildman–Crippen MR) is 108 cm³/mol. The lowest BCUT2D eigenvalue weighted by Gasteiger charge is -2.11. The fraction of sp³-hybridized carbons (Fsp3) is 0.158. The van der Waals surface area contributed by atoms with Crippen molar-refractivity contribution in [2.45, 2.75) is 18.1 Å². The zero-order valence-electron chi connectivity index (χ0n) is 14.7. The third-order valence-electron chi connectivity index (χ3n) is 4.20. The van der Waals surface area contributed by atoms with Crippen LogP contribution in [0.5, 0.6) is 0 Å². The largest absolute Gasteiger partial charge is 0.342 e. The lowest BCUT2D eigenvalue weighted by atomic mass is 10.2. The van der Waals surface area contributed by atoms with Gasteiger partial charge in [0.1, 0.15) is 5.82 Å². The molecule has 0 saturated heterocycles. The fourth-order valence-corrected chi connectivity index (χ4v) is 4.07. The molecule has 0 spiro atoms. The van der Waals surface area contributed by atoms with Crippen molar-refractivity contribution in [2.24, 2.45) is 0 Å². The van der Waals surface area contributed by atoms with Crippen molar-refractivity contribution in [1.29, 1.82) is 0 Å². The smallest absolute Gasteiger partial charge is 0.314 e. The number of aromatic nitrogens is 3. The van der Waals surface area contributed by atoms with Crippen molar-refractivity contribution in [2.75, 3.05) is 5.32 Å². The average molecular weight is 414 g/mol. The van der Waals surface area contributed by atoms with E-state index in [0.717, 1.165) is 28.5 Å². The summed E-state index contributed by atoms with van der Waals surface area (Å²) in [5.41, 5.74) is 3.21. The maximum atomic E-state index is 12.5. The van der Waals surface area contributed by atoms with Crippen molar-refractivity contribution in [3.8, 4) is 5.69 Å². The Hall–Kier alpha value is -2.84. The van der Waals surface area contributed by atoms with Crippen LogP contribution in [0.3, 0.4) is 0 Å². The molecule has 1 aliphatic rings. The summed E-state index contributed by atoms with van der Waals surface area (Å²) >= 11 is 7.81. The molecule has 0 aliphatic carbocycles. The molecular formula is C19H16ClN5O2S. The highest BCUT2D eigenvalue weighted by Gasteiger charge is 2.26. The molecule has 3 aromatic rings. The molecule has 2 amide bonds. The van der Waals surface area contributed by atoms with Crippen molar-refractivity contribution in [3.05, 3.63) is 70.6 Å². The molecule has 2 aromatic heterocycles. The van der Waals surface area contributed by atoms with E-state index < -0.39 is 11.8 Å². The Kier molecular flexibility index (Phi) is 5.31. The summed E-state index contributed by atoms with van der Waals surface area (Å²) in [6, 6.07) is 12.6. The molecular weight excluding hydrogens is 398 g/mol. The van der Waals surface area contributed by atoms with E-state index >= 15 is 0 Å². The predicted octanol–water partition coefficient (Wildman–Crippen LogP) is 2.92. The van der Waals surface area contributed by atoms with Gasteiger partial charge in [0.05, 0.1) is 23.6 Å². The van der Waals surface area contributed by atoms with Crippen LogP contribution in [-0.4, -0.2) is 26.6 Å². The maximum Gasteiger partial charge on any atom is 0.314 e. The minimum atomic E-state index is -0.751. The summed E-state index contributed by atoms with van der Waals surface area (Å²) in [5, 5.41) is 10.4. The first-order valence-corrected chi connectivity index (χ1v) is 10.1. The molecule has 4 rings (SSSR count). The van der Waals surface area contributed by atoms with Crippen molar-refractivity contribution >= 4 is 41.0 Å². The third kappa shape index (κ3) is 3.88. The van der Waals surface area contributed by atoms with Crippen LogP contribution in [0.2, 0.25) is 5.02 Å². The van der Waals surface area contributed by atoms with Gasteiger partial charge in [0.15, 0.2) is 0 Å². The van der Waals surface area contributed by atoms with Gasteiger partial charge >= 0.3 is 11.8 Å². The number of rotatable bonds is 4. The normalized spacial score (nSPS) is 12.5. The Morgan fingerprint density at radius 1 is 1.14 bits per heavy atom. The quantitative estimate of drug-likeness (QED) is 0.642. The van der Waals surface area contributed by atoms with Gasteiger partial charge in [-0.05, 0) is 30.3 Å². The molecule has 0 atom stereocenters. The molecule has 3 heterocycles. The minimum Gasteiger partial charge on any atom is -0.342 e. The first kappa shape index (κ1) is 18.5. The molecule has 0 unspecified atom stereocenters. The molecule has 7 nitrogen and oxygen atoms in total. The summed E-state index contributed by atoms with van der Waals surface area (Å²) in [7, 11) is 0. The van der Waals surface area contributed by atoms with Crippen LogP contribution in [0, 0.1) is 0 Å². The van der Waals surface area contributed by atoms with Crippen molar-refractivity contribution in [3.63, 3.8) is 0 Å². The Balaban J connectivity index is 1.54. The highest BCUT2D eigenvalue weighted by molar-refractivity contribution is 7.98. The average Bonchev–Trinajstić information content (AvgIpc) is 3.29. The summed E-state index contributed by atoms with van der Waals surface area (Å²) in [5.74, 6) is 0.501. The van der Waals surface area contributed by atoms with E-state index in [1.54, 1.807) is 46.9 Å². The second-order valence-corrected chi connectivity index (χ2v) is 7.54. The maximum absolute atomic E-state index is 12.5. The second-order valence-electron chi connectivity index (χ2n) is 6.12. The topological polar surface area (TPSA) is 88.9 Å². The molecule has 142 valence electrons. The Labute approximate surface area is 170 Å². The first-order valence-electron chi connectivity index (χ1n) is 8.55. The summed E-state index contributed by atoms with van der Waals surface area (Å²) in [6.45, 7) is 0.175. The van der Waals surface area contributed by atoms with Gasteiger partial charge in [0.25, 0.3) is 0 Å². The van der Waals surface area contributed by atoms with E-state index in [0.29, 0.717) is 16.5 Å². The lowest BCUT2D eigenvalue weighted by molar-refractivity contribution is -0.136. The number of halogens is 1. The summed E-state index contributed by atoms with van der Waals surface area (Å²) in [6.07, 6.45) is 1.63. The lowest BCUT2D eigenvalue weighted by Crippen LogP contribution is -2.35. The zero-order valence-corrected chi connectivity index (χ0v) is 16.3. The number of nitrogens with zero attached hydrogens (tertiary/aromatic N) is 3. The second kappa shape index (κ2) is 8.04. The van der Waals surface area contributed by atoms with Crippen LogP contribution in [0.15, 0.2) is 48.7 Å². The van der Waals surface area contributed by atoms with Gasteiger partial charge in [-0.15, -0.1) is 0 Å². The number of anilines is 1. The van der Waals surface area contributed by atoms with Crippen molar-refractivity contribution in [1.82, 2.24) is 20.1 Å². The van der Waals surface area contributed by atoms with Gasteiger partial charge in [-0.1, -0.05) is 23.7 Å². The van der Waals surface area contributed by atoms with Gasteiger partial charge in [0, 0.05) is 28.3 Å². The number of pyridine rings is 1. The highest BCUT2D eigenvalue weighted by Crippen LogP contribution is 2.36. The van der Waals surface area contributed by atoms with Crippen LogP contribution < -0.4 is 10.6 Å². The van der Waals surface area contributed by atoms with Crippen LogP contribution >= 0.6 is 23.4 Å². The van der Waals surface area contributed by atoms with Crippen LogP contribution in [-0.2, 0) is 27.6 Å². The molecule has 0 radical (unpaired) electrons. The van der Waals surface area contributed by atoms with E-state index in [4.69, 9.17) is 11.6 Å². The summed E-state index contributed by atoms with van der Waals surface area (Å²) in [4.78, 5) is 28.8. The minimum absolute atomic E-state index is 0.175. The molecule has 9 heteroatoms.